The van der Waals surface area contributed by atoms with Gasteiger partial charge in [0.25, 0.3) is 0 Å². The minimum atomic E-state index is 0.0547. The number of amides is 1. The van der Waals surface area contributed by atoms with Gasteiger partial charge in [0, 0.05) is 32.2 Å². The summed E-state index contributed by atoms with van der Waals surface area (Å²) in [6.45, 7) is 5.47. The smallest absolute Gasteiger partial charge is 0.224 e. The fourth-order valence-electron chi connectivity index (χ4n) is 2.57. The van der Waals surface area contributed by atoms with Crippen molar-refractivity contribution in [3.63, 3.8) is 0 Å². The third-order valence-electron chi connectivity index (χ3n) is 3.94. The number of anilines is 1. The van der Waals surface area contributed by atoms with Gasteiger partial charge in [0.2, 0.25) is 5.91 Å². The number of rotatable bonds is 7. The van der Waals surface area contributed by atoms with Gasteiger partial charge in [0.1, 0.15) is 0 Å². The Morgan fingerprint density at radius 2 is 1.69 bits per heavy atom. The van der Waals surface area contributed by atoms with Crippen LogP contribution >= 0.6 is 0 Å². The number of hydrogen-bond acceptors (Lipinski definition) is 2. The van der Waals surface area contributed by atoms with Gasteiger partial charge in [-0.25, -0.2) is 0 Å². The molecule has 0 spiro atoms. The van der Waals surface area contributed by atoms with Gasteiger partial charge in [0.05, 0.1) is 0 Å². The third kappa shape index (κ3) is 6.59. The van der Waals surface area contributed by atoms with E-state index >= 15 is 0 Å². The summed E-state index contributed by atoms with van der Waals surface area (Å²) in [6.07, 6.45) is 1.40. The summed E-state index contributed by atoms with van der Waals surface area (Å²) >= 11 is 0. The van der Waals surface area contributed by atoms with E-state index in [4.69, 9.17) is 0 Å². The Balaban J connectivity index is 1.81. The van der Waals surface area contributed by atoms with E-state index in [2.05, 4.69) is 52.1 Å². The van der Waals surface area contributed by atoms with Crippen LogP contribution in [0.25, 0.3) is 0 Å². The van der Waals surface area contributed by atoms with Crippen LogP contribution in [0.1, 0.15) is 36.5 Å². The maximum absolute atomic E-state index is 11.6. The Kier molecular flexibility index (Phi) is 7.68. The zero-order chi connectivity index (χ0) is 18.8. The van der Waals surface area contributed by atoms with Gasteiger partial charge >= 0.3 is 0 Å². The molecule has 0 heterocycles. The van der Waals surface area contributed by atoms with Crippen molar-refractivity contribution in [1.29, 1.82) is 0 Å². The molecule has 0 bridgehead atoms. The van der Waals surface area contributed by atoms with Crippen molar-refractivity contribution >= 4 is 17.6 Å². The molecule has 5 nitrogen and oxygen atoms in total. The normalized spacial score (nSPS) is 11.1. The molecular formula is C21H28N4O. The summed E-state index contributed by atoms with van der Waals surface area (Å²) in [6, 6.07) is 16.3. The summed E-state index contributed by atoms with van der Waals surface area (Å²) < 4.78 is 0. The van der Waals surface area contributed by atoms with Crippen molar-refractivity contribution < 1.29 is 4.79 Å². The molecule has 2 aromatic rings. The first-order chi connectivity index (χ1) is 12.6. The third-order valence-corrected chi connectivity index (χ3v) is 3.94. The van der Waals surface area contributed by atoms with E-state index in [1.54, 1.807) is 7.05 Å². The van der Waals surface area contributed by atoms with Crippen LogP contribution in [0, 0.1) is 6.92 Å². The van der Waals surface area contributed by atoms with E-state index in [1.165, 1.54) is 11.1 Å². The van der Waals surface area contributed by atoms with Gasteiger partial charge in [-0.1, -0.05) is 48.9 Å². The average molecular weight is 352 g/mol. The van der Waals surface area contributed by atoms with Crippen LogP contribution in [0.4, 0.5) is 5.69 Å². The van der Waals surface area contributed by atoms with Crippen molar-refractivity contribution in [2.75, 3.05) is 12.4 Å². The Morgan fingerprint density at radius 1 is 1.00 bits per heavy atom. The Labute approximate surface area is 155 Å². The molecule has 0 aliphatic heterocycles. The predicted molar refractivity (Wildman–Crippen MR) is 108 cm³/mol. The number of guanidine groups is 1. The topological polar surface area (TPSA) is 65.5 Å². The highest BCUT2D eigenvalue weighted by atomic mass is 16.1. The maximum atomic E-state index is 11.6. The molecule has 0 aliphatic rings. The molecule has 1 amide bonds. The lowest BCUT2D eigenvalue weighted by molar-refractivity contribution is -0.116. The van der Waals surface area contributed by atoms with Gasteiger partial charge in [-0.3, -0.25) is 9.79 Å². The van der Waals surface area contributed by atoms with Gasteiger partial charge in [-0.05, 0) is 36.6 Å². The van der Waals surface area contributed by atoms with Crippen molar-refractivity contribution in [2.24, 2.45) is 4.99 Å². The van der Waals surface area contributed by atoms with E-state index in [-0.39, 0.29) is 5.91 Å². The number of nitrogens with zero attached hydrogens (tertiary/aromatic N) is 1. The highest BCUT2D eigenvalue weighted by molar-refractivity contribution is 5.90. The molecule has 2 aromatic carbocycles. The summed E-state index contributed by atoms with van der Waals surface area (Å²) in [5.74, 6) is 0.811. The van der Waals surface area contributed by atoms with Crippen LogP contribution in [-0.2, 0) is 17.9 Å². The SMILES string of the molecule is CCCC(=O)Nc1ccc(CNC(=NC)NCc2cccc(C)c2)cc1. The molecule has 0 fully saturated rings. The molecule has 0 saturated heterocycles. The van der Waals surface area contributed by atoms with E-state index in [9.17, 15) is 4.79 Å². The standard InChI is InChI=1S/C21H28N4O/c1-4-6-20(26)25-19-11-9-17(10-12-19)14-23-21(22-3)24-15-18-8-5-7-16(2)13-18/h5,7-13H,4,6,14-15H2,1-3H3,(H,25,26)(H2,22,23,24). The first-order valence-electron chi connectivity index (χ1n) is 8.99. The van der Waals surface area contributed by atoms with Gasteiger partial charge < -0.3 is 16.0 Å². The minimum absolute atomic E-state index is 0.0547. The van der Waals surface area contributed by atoms with E-state index < -0.39 is 0 Å². The van der Waals surface area contributed by atoms with Crippen LogP contribution in [0.2, 0.25) is 0 Å². The second-order valence-corrected chi connectivity index (χ2v) is 6.26. The van der Waals surface area contributed by atoms with E-state index in [0.29, 0.717) is 13.0 Å². The van der Waals surface area contributed by atoms with Crippen LogP contribution in [0.3, 0.4) is 0 Å². The first kappa shape index (κ1) is 19.5. The highest BCUT2D eigenvalue weighted by Crippen LogP contribution is 2.10. The fourth-order valence-corrected chi connectivity index (χ4v) is 2.57. The zero-order valence-electron chi connectivity index (χ0n) is 15.8. The number of benzene rings is 2. The molecule has 2 rings (SSSR count). The molecule has 0 radical (unpaired) electrons. The van der Waals surface area contributed by atoms with Crippen molar-refractivity contribution in [1.82, 2.24) is 10.6 Å². The number of aryl methyl sites for hydroxylation is 1. The van der Waals surface area contributed by atoms with E-state index in [1.807, 2.05) is 31.2 Å². The first-order valence-corrected chi connectivity index (χ1v) is 8.99. The number of nitrogens with one attached hydrogen (secondary N) is 3. The molecule has 0 aliphatic carbocycles. The van der Waals surface area contributed by atoms with Gasteiger partial charge in [0.15, 0.2) is 5.96 Å². The molecule has 0 saturated carbocycles. The Morgan fingerprint density at radius 3 is 2.31 bits per heavy atom. The largest absolute Gasteiger partial charge is 0.352 e. The average Bonchev–Trinajstić information content (AvgIpc) is 2.63. The molecule has 0 unspecified atom stereocenters. The number of aliphatic imine (C=N–C) groups is 1. The fraction of sp³-hybridized carbons (Fsp3) is 0.333. The molecule has 138 valence electrons. The molecule has 26 heavy (non-hydrogen) atoms. The summed E-state index contributed by atoms with van der Waals surface area (Å²) in [4.78, 5) is 15.9. The van der Waals surface area contributed by atoms with Crippen molar-refractivity contribution in [3.8, 4) is 0 Å². The lowest BCUT2D eigenvalue weighted by atomic mass is 10.1. The van der Waals surface area contributed by atoms with Crippen LogP contribution < -0.4 is 16.0 Å². The van der Waals surface area contributed by atoms with Crippen molar-refractivity contribution in [3.05, 3.63) is 65.2 Å². The molecule has 0 atom stereocenters. The van der Waals surface area contributed by atoms with E-state index in [0.717, 1.165) is 30.2 Å². The number of hydrogen-bond donors (Lipinski definition) is 3. The number of carbonyl (C=O) groups is 1. The minimum Gasteiger partial charge on any atom is -0.352 e. The molecule has 5 heteroatoms. The quantitative estimate of drug-likeness (QED) is 0.527. The van der Waals surface area contributed by atoms with Crippen LogP contribution in [0.5, 0.6) is 0 Å². The molecular weight excluding hydrogens is 324 g/mol. The van der Waals surface area contributed by atoms with Gasteiger partial charge in [-0.2, -0.15) is 0 Å². The lowest BCUT2D eigenvalue weighted by Gasteiger charge is -2.13. The zero-order valence-corrected chi connectivity index (χ0v) is 15.8. The molecule has 3 N–H and O–H groups in total. The Hall–Kier alpha value is -2.82. The second-order valence-electron chi connectivity index (χ2n) is 6.26. The molecule has 0 aromatic heterocycles. The van der Waals surface area contributed by atoms with Crippen LogP contribution in [-0.4, -0.2) is 18.9 Å². The monoisotopic (exact) mass is 352 g/mol. The lowest BCUT2D eigenvalue weighted by Crippen LogP contribution is -2.36. The summed E-state index contributed by atoms with van der Waals surface area (Å²) in [7, 11) is 1.76. The number of carbonyl (C=O) groups excluding carboxylic acids is 1. The second kappa shape index (κ2) is 10.2. The predicted octanol–water partition coefficient (Wildman–Crippen LogP) is 3.60. The maximum Gasteiger partial charge on any atom is 0.224 e. The highest BCUT2D eigenvalue weighted by Gasteiger charge is 2.02. The van der Waals surface area contributed by atoms with Crippen molar-refractivity contribution in [2.45, 2.75) is 39.8 Å². The summed E-state index contributed by atoms with van der Waals surface area (Å²) in [5, 5.41) is 9.51. The Bertz CT molecular complexity index is 738. The van der Waals surface area contributed by atoms with Crippen LogP contribution in [0.15, 0.2) is 53.5 Å². The summed E-state index contributed by atoms with van der Waals surface area (Å²) in [5.41, 5.74) is 4.42. The van der Waals surface area contributed by atoms with Gasteiger partial charge in [-0.15, -0.1) is 0 Å².